The molecule has 1 aliphatic rings. The van der Waals surface area contributed by atoms with Crippen LogP contribution < -0.4 is 10.5 Å². The van der Waals surface area contributed by atoms with Gasteiger partial charge in [0.15, 0.2) is 0 Å². The molecule has 0 radical (unpaired) electrons. The van der Waals surface area contributed by atoms with Crippen molar-refractivity contribution in [1.29, 1.82) is 0 Å². The summed E-state index contributed by atoms with van der Waals surface area (Å²) in [6.45, 7) is 1.28. The molecule has 1 aromatic carbocycles. The van der Waals surface area contributed by atoms with Crippen molar-refractivity contribution in [3.63, 3.8) is 0 Å². The van der Waals surface area contributed by atoms with E-state index in [4.69, 9.17) is 5.14 Å². The number of carbonyl (C=O) groups is 1. The van der Waals surface area contributed by atoms with Crippen LogP contribution in [0, 0.1) is 0 Å². The molecule has 0 spiro atoms. The summed E-state index contributed by atoms with van der Waals surface area (Å²) in [4.78, 5) is 14.3. The van der Waals surface area contributed by atoms with E-state index in [2.05, 4.69) is 21.2 Å². The molecule has 2 rings (SSSR count). The minimum Gasteiger partial charge on any atom is -0.337 e. The van der Waals surface area contributed by atoms with Crippen molar-refractivity contribution in [3.8, 4) is 0 Å². The highest BCUT2D eigenvalue weighted by molar-refractivity contribution is 9.10. The molecule has 1 aliphatic heterocycles. The molecule has 21 heavy (non-hydrogen) atoms. The van der Waals surface area contributed by atoms with Crippen molar-refractivity contribution in [1.82, 2.24) is 10.2 Å². The molecule has 116 valence electrons. The molecule has 6 nitrogen and oxygen atoms in total. The highest BCUT2D eigenvalue weighted by Gasteiger charge is 2.25. The summed E-state index contributed by atoms with van der Waals surface area (Å²) in [5, 5.41) is 8.29. The predicted octanol–water partition coefficient (Wildman–Crippen LogP) is 0.921. The molecule has 1 fully saturated rings. The van der Waals surface area contributed by atoms with Gasteiger partial charge in [0, 0.05) is 23.6 Å². The third kappa shape index (κ3) is 3.82. The lowest BCUT2D eigenvalue weighted by Gasteiger charge is -2.32. The Bertz CT molecular complexity index is 648. The average molecular weight is 376 g/mol. The number of primary sulfonamides is 1. The number of amides is 1. The smallest absolute Gasteiger partial charge is 0.255 e. The topological polar surface area (TPSA) is 92.5 Å². The normalized spacial score (nSPS) is 19.6. The average Bonchev–Trinajstić information content (AvgIpc) is 2.46. The van der Waals surface area contributed by atoms with Crippen molar-refractivity contribution in [2.45, 2.75) is 23.8 Å². The van der Waals surface area contributed by atoms with Gasteiger partial charge in [-0.05, 0) is 54.0 Å². The number of hydrogen-bond acceptors (Lipinski definition) is 4. The van der Waals surface area contributed by atoms with Gasteiger partial charge < -0.3 is 10.2 Å². The maximum Gasteiger partial charge on any atom is 0.255 e. The number of carbonyl (C=O) groups excluding carboxylic acids is 1. The zero-order valence-electron chi connectivity index (χ0n) is 11.7. The largest absolute Gasteiger partial charge is 0.337 e. The zero-order valence-corrected chi connectivity index (χ0v) is 14.1. The molecule has 3 N–H and O–H groups in total. The molecule has 1 unspecified atom stereocenters. The lowest BCUT2D eigenvalue weighted by atomic mass is 10.0. The Morgan fingerprint density at radius 2 is 2.19 bits per heavy atom. The molecule has 0 saturated carbocycles. The van der Waals surface area contributed by atoms with Gasteiger partial charge in [0.2, 0.25) is 10.0 Å². The van der Waals surface area contributed by atoms with Crippen LogP contribution >= 0.6 is 15.9 Å². The Morgan fingerprint density at radius 1 is 1.48 bits per heavy atom. The van der Waals surface area contributed by atoms with E-state index in [-0.39, 0.29) is 16.8 Å². The second-order valence-corrected chi connectivity index (χ2v) is 7.48. The molecular weight excluding hydrogens is 358 g/mol. The highest BCUT2D eigenvalue weighted by Crippen LogP contribution is 2.23. The highest BCUT2D eigenvalue weighted by atomic mass is 79.9. The van der Waals surface area contributed by atoms with Crippen molar-refractivity contribution in [3.05, 3.63) is 28.2 Å². The molecule has 1 heterocycles. The van der Waals surface area contributed by atoms with Crippen LogP contribution in [0.3, 0.4) is 0 Å². The molecular formula is C13H18BrN3O3S. The van der Waals surface area contributed by atoms with Crippen LogP contribution in [-0.2, 0) is 10.0 Å². The number of nitrogens with zero attached hydrogens (tertiary/aromatic N) is 1. The number of likely N-dealkylation sites (tertiary alicyclic amines) is 1. The van der Waals surface area contributed by atoms with Gasteiger partial charge in [-0.1, -0.05) is 0 Å². The molecule has 8 heteroatoms. The number of rotatable bonds is 3. The minimum absolute atomic E-state index is 0.0591. The van der Waals surface area contributed by atoms with Crippen LogP contribution in [0.5, 0.6) is 0 Å². The number of benzene rings is 1. The van der Waals surface area contributed by atoms with E-state index in [1.54, 1.807) is 4.90 Å². The summed E-state index contributed by atoms with van der Waals surface area (Å²) < 4.78 is 23.4. The summed E-state index contributed by atoms with van der Waals surface area (Å²) in [6.07, 6.45) is 1.95. The van der Waals surface area contributed by atoms with E-state index >= 15 is 0 Å². The van der Waals surface area contributed by atoms with Crippen LogP contribution in [0.2, 0.25) is 0 Å². The number of piperidine rings is 1. The van der Waals surface area contributed by atoms with Crippen molar-refractivity contribution in [2.24, 2.45) is 5.14 Å². The molecule has 0 aliphatic carbocycles. The summed E-state index contributed by atoms with van der Waals surface area (Å²) in [7, 11) is -1.95. The second-order valence-electron chi connectivity index (χ2n) is 5.07. The number of hydrogen-bond donors (Lipinski definition) is 2. The summed E-state index contributed by atoms with van der Waals surface area (Å²) in [5.74, 6) is -0.188. The Morgan fingerprint density at radius 3 is 2.81 bits per heavy atom. The molecule has 1 amide bonds. The maximum atomic E-state index is 12.6. The van der Waals surface area contributed by atoms with Gasteiger partial charge in [0.25, 0.3) is 5.91 Å². The van der Waals surface area contributed by atoms with Crippen LogP contribution in [-0.4, -0.2) is 45.4 Å². The minimum atomic E-state index is -3.83. The first kappa shape index (κ1) is 16.4. The van der Waals surface area contributed by atoms with E-state index in [0.717, 1.165) is 12.8 Å². The first-order chi connectivity index (χ1) is 9.82. The second kappa shape index (κ2) is 6.43. The number of likely N-dealkylation sites (N-methyl/N-ethyl adjacent to an activating group) is 1. The SMILES string of the molecule is CNC1CCCN(C(=O)c2cc(S(N)(=O)=O)ccc2Br)C1. The lowest BCUT2D eigenvalue weighted by molar-refractivity contribution is 0.0697. The summed E-state index contributed by atoms with van der Waals surface area (Å²) in [5.41, 5.74) is 0.318. The van der Waals surface area contributed by atoms with E-state index < -0.39 is 10.0 Å². The third-order valence-electron chi connectivity index (χ3n) is 3.61. The van der Waals surface area contributed by atoms with Gasteiger partial charge in [-0.15, -0.1) is 0 Å². The summed E-state index contributed by atoms with van der Waals surface area (Å²) >= 11 is 3.30. The first-order valence-electron chi connectivity index (χ1n) is 6.62. The number of nitrogens with two attached hydrogens (primary N) is 1. The maximum absolute atomic E-state index is 12.6. The standard InChI is InChI=1S/C13H18BrN3O3S/c1-16-9-3-2-6-17(8-9)13(18)11-7-10(21(15,19)20)4-5-12(11)14/h4-5,7,9,16H,2-3,6,8H2,1H3,(H2,15,19,20). The quantitative estimate of drug-likeness (QED) is 0.821. The summed E-state index contributed by atoms with van der Waals surface area (Å²) in [6, 6.07) is 4.50. The lowest BCUT2D eigenvalue weighted by Crippen LogP contribution is -2.47. The third-order valence-corrected chi connectivity index (χ3v) is 5.22. The van der Waals surface area contributed by atoms with Gasteiger partial charge in [0.1, 0.15) is 0 Å². The van der Waals surface area contributed by atoms with Crippen LogP contribution in [0.15, 0.2) is 27.6 Å². The molecule has 0 bridgehead atoms. The van der Waals surface area contributed by atoms with Crippen LogP contribution in [0.1, 0.15) is 23.2 Å². The van der Waals surface area contributed by atoms with Crippen molar-refractivity contribution in [2.75, 3.05) is 20.1 Å². The molecule has 1 saturated heterocycles. The fourth-order valence-electron chi connectivity index (χ4n) is 2.41. The Labute approximate surface area is 132 Å². The van der Waals surface area contributed by atoms with Gasteiger partial charge in [0.05, 0.1) is 10.5 Å². The van der Waals surface area contributed by atoms with Crippen molar-refractivity contribution >= 4 is 31.9 Å². The van der Waals surface area contributed by atoms with Gasteiger partial charge in [-0.25, -0.2) is 13.6 Å². The van der Waals surface area contributed by atoms with Crippen LogP contribution in [0.25, 0.3) is 0 Å². The molecule has 0 aromatic heterocycles. The van der Waals surface area contributed by atoms with E-state index in [9.17, 15) is 13.2 Å². The number of sulfonamides is 1. The van der Waals surface area contributed by atoms with E-state index in [1.807, 2.05) is 7.05 Å². The van der Waals surface area contributed by atoms with Gasteiger partial charge in [-0.2, -0.15) is 0 Å². The first-order valence-corrected chi connectivity index (χ1v) is 8.95. The predicted molar refractivity (Wildman–Crippen MR) is 83.5 cm³/mol. The van der Waals surface area contributed by atoms with E-state index in [0.29, 0.717) is 23.1 Å². The number of halogens is 1. The monoisotopic (exact) mass is 375 g/mol. The fourth-order valence-corrected chi connectivity index (χ4v) is 3.37. The van der Waals surface area contributed by atoms with Gasteiger partial charge >= 0.3 is 0 Å². The van der Waals surface area contributed by atoms with Crippen molar-refractivity contribution < 1.29 is 13.2 Å². The fraction of sp³-hybridized carbons (Fsp3) is 0.462. The molecule has 1 atom stereocenters. The van der Waals surface area contributed by atoms with E-state index in [1.165, 1.54) is 18.2 Å². The molecule has 1 aromatic rings. The Hall–Kier alpha value is -0.960. The zero-order chi connectivity index (χ0) is 15.6. The Balaban J connectivity index is 2.30. The Kier molecular flexibility index (Phi) is 5.03. The number of nitrogens with one attached hydrogen (secondary N) is 1. The van der Waals surface area contributed by atoms with Gasteiger partial charge in [-0.3, -0.25) is 4.79 Å². The van der Waals surface area contributed by atoms with Crippen LogP contribution in [0.4, 0.5) is 0 Å².